The zero-order valence-electron chi connectivity index (χ0n) is 13.8. The molecule has 3 nitrogen and oxygen atoms in total. The lowest BCUT2D eigenvalue weighted by molar-refractivity contribution is 0.317. The van der Waals surface area contributed by atoms with Gasteiger partial charge in [0.2, 0.25) is 0 Å². The molecule has 0 aliphatic rings. The topological polar surface area (TPSA) is 37.9 Å². The van der Waals surface area contributed by atoms with Gasteiger partial charge in [0, 0.05) is 5.56 Å². The second-order valence-electron chi connectivity index (χ2n) is 5.77. The Bertz CT molecular complexity index is 1010. The monoisotopic (exact) mass is 348 g/mol. The molecule has 4 aromatic rings. The Kier molecular flexibility index (Phi) is 4.16. The van der Waals surface area contributed by atoms with Crippen molar-refractivity contribution in [1.29, 1.82) is 0 Å². The van der Waals surface area contributed by atoms with Crippen molar-refractivity contribution in [3.05, 3.63) is 71.8 Å². The summed E-state index contributed by atoms with van der Waals surface area (Å²) in [6.45, 7) is 2.50. The fourth-order valence-corrected chi connectivity index (χ4v) is 3.18. The first kappa shape index (κ1) is 15.7. The zero-order valence-corrected chi connectivity index (χ0v) is 14.5. The van der Waals surface area contributed by atoms with Gasteiger partial charge in [-0.1, -0.05) is 66.2 Å². The molecule has 0 fully saturated rings. The molecule has 1 aromatic heterocycles. The predicted molar refractivity (Wildman–Crippen MR) is 103 cm³/mol. The average molecular weight is 349 g/mol. The first-order valence-electron chi connectivity index (χ1n) is 8.22. The second kappa shape index (κ2) is 6.61. The third-order valence-electron chi connectivity index (χ3n) is 4.13. The van der Waals surface area contributed by atoms with Gasteiger partial charge in [-0.15, -0.1) is 0 Å². The van der Waals surface area contributed by atoms with Crippen molar-refractivity contribution in [2.24, 2.45) is 0 Å². The lowest BCUT2D eigenvalue weighted by Gasteiger charge is -2.07. The van der Waals surface area contributed by atoms with Crippen LogP contribution in [-0.4, -0.2) is 16.6 Å². The number of H-pyrrole nitrogens is 1. The van der Waals surface area contributed by atoms with E-state index in [1.807, 2.05) is 37.3 Å². The maximum Gasteiger partial charge on any atom is 0.294 e. The van der Waals surface area contributed by atoms with Crippen LogP contribution < -0.4 is 4.74 Å². The van der Waals surface area contributed by atoms with E-state index in [9.17, 15) is 0 Å². The number of ether oxygens (including phenoxy) is 1. The van der Waals surface area contributed by atoms with Crippen molar-refractivity contribution in [3.63, 3.8) is 0 Å². The maximum absolute atomic E-state index is 6.49. The smallest absolute Gasteiger partial charge is 0.294 e. The summed E-state index contributed by atoms with van der Waals surface area (Å²) in [5, 5.41) is 0.687. The molecule has 0 aliphatic carbocycles. The molecular weight excluding hydrogens is 332 g/mol. The molecule has 4 heteroatoms. The molecule has 0 bridgehead atoms. The highest BCUT2D eigenvalue weighted by molar-refractivity contribution is 6.34. The molecule has 0 aliphatic heterocycles. The average Bonchev–Trinajstić information content (AvgIpc) is 3.03. The standard InChI is InChI=1S/C21H17ClN2O/c1-2-25-21-23-19-12-17(18(22)13-20(19)24-21)16-10-8-15(9-11-16)14-6-4-3-5-7-14/h3-13H,2H2,1H3,(H,23,24). The summed E-state index contributed by atoms with van der Waals surface area (Å²) in [7, 11) is 0. The van der Waals surface area contributed by atoms with E-state index >= 15 is 0 Å². The van der Waals surface area contributed by atoms with Gasteiger partial charge in [-0.2, -0.15) is 4.98 Å². The van der Waals surface area contributed by atoms with E-state index < -0.39 is 0 Å². The minimum atomic E-state index is 0.519. The lowest BCUT2D eigenvalue weighted by Crippen LogP contribution is -1.92. The summed E-state index contributed by atoms with van der Waals surface area (Å²) in [4.78, 5) is 7.59. The predicted octanol–water partition coefficient (Wildman–Crippen LogP) is 5.95. The number of nitrogens with zero attached hydrogens (tertiary/aromatic N) is 1. The van der Waals surface area contributed by atoms with Gasteiger partial charge in [0.1, 0.15) is 0 Å². The number of rotatable bonds is 4. The summed E-state index contributed by atoms with van der Waals surface area (Å²) < 4.78 is 5.43. The number of hydrogen-bond acceptors (Lipinski definition) is 2. The normalized spacial score (nSPS) is 11.0. The Morgan fingerprint density at radius 3 is 2.32 bits per heavy atom. The van der Waals surface area contributed by atoms with Crippen LogP contribution in [-0.2, 0) is 0 Å². The summed E-state index contributed by atoms with van der Waals surface area (Å²) in [6.07, 6.45) is 0. The molecule has 0 saturated heterocycles. The molecule has 25 heavy (non-hydrogen) atoms. The van der Waals surface area contributed by atoms with Gasteiger partial charge in [0.15, 0.2) is 0 Å². The van der Waals surface area contributed by atoms with Gasteiger partial charge >= 0.3 is 0 Å². The Morgan fingerprint density at radius 2 is 1.60 bits per heavy atom. The van der Waals surface area contributed by atoms with Crippen LogP contribution in [0.25, 0.3) is 33.3 Å². The number of aromatic amines is 1. The second-order valence-corrected chi connectivity index (χ2v) is 6.17. The molecule has 0 amide bonds. The van der Waals surface area contributed by atoms with E-state index in [0.717, 1.165) is 22.2 Å². The first-order valence-corrected chi connectivity index (χ1v) is 8.60. The molecule has 124 valence electrons. The Hall–Kier alpha value is -2.78. The largest absolute Gasteiger partial charge is 0.465 e. The van der Waals surface area contributed by atoms with Crippen LogP contribution in [0.15, 0.2) is 66.7 Å². The van der Waals surface area contributed by atoms with Crippen LogP contribution in [0.3, 0.4) is 0 Å². The van der Waals surface area contributed by atoms with Crippen LogP contribution in [0, 0.1) is 0 Å². The molecule has 1 heterocycles. The highest BCUT2D eigenvalue weighted by Crippen LogP contribution is 2.33. The number of nitrogens with one attached hydrogen (secondary N) is 1. The van der Waals surface area contributed by atoms with E-state index in [4.69, 9.17) is 16.3 Å². The number of aromatic nitrogens is 2. The third kappa shape index (κ3) is 3.11. The molecule has 1 N–H and O–H groups in total. The van der Waals surface area contributed by atoms with Crippen molar-refractivity contribution in [1.82, 2.24) is 9.97 Å². The molecule has 0 atom stereocenters. The van der Waals surface area contributed by atoms with Crippen LogP contribution >= 0.6 is 11.6 Å². The zero-order chi connectivity index (χ0) is 17.2. The van der Waals surface area contributed by atoms with Gasteiger partial charge < -0.3 is 9.72 Å². The minimum absolute atomic E-state index is 0.519. The van der Waals surface area contributed by atoms with E-state index in [1.165, 1.54) is 11.1 Å². The fraction of sp³-hybridized carbons (Fsp3) is 0.0952. The van der Waals surface area contributed by atoms with Gasteiger partial charge in [-0.3, -0.25) is 0 Å². The maximum atomic E-state index is 6.49. The number of halogens is 1. The molecule has 0 saturated carbocycles. The number of fused-ring (bicyclic) bond motifs is 1. The van der Waals surface area contributed by atoms with Crippen LogP contribution in [0.1, 0.15) is 6.92 Å². The summed E-state index contributed by atoms with van der Waals surface area (Å²) >= 11 is 6.49. The summed E-state index contributed by atoms with van der Waals surface area (Å²) in [5.74, 6) is 0. The van der Waals surface area contributed by atoms with Gasteiger partial charge in [-0.05, 0) is 35.7 Å². The Morgan fingerprint density at radius 1 is 0.920 bits per heavy atom. The highest BCUT2D eigenvalue weighted by Gasteiger charge is 2.10. The SMILES string of the molecule is CCOc1nc2cc(-c3ccc(-c4ccccc4)cc3)c(Cl)cc2[nH]1. The Labute approximate surface area is 151 Å². The van der Waals surface area contributed by atoms with Crippen molar-refractivity contribution in [2.75, 3.05) is 6.61 Å². The van der Waals surface area contributed by atoms with E-state index in [1.54, 1.807) is 0 Å². The quantitative estimate of drug-likeness (QED) is 0.495. The minimum Gasteiger partial charge on any atom is -0.465 e. The summed E-state index contributed by atoms with van der Waals surface area (Å²) in [6, 6.07) is 23.1. The number of benzene rings is 3. The molecule has 0 radical (unpaired) electrons. The van der Waals surface area contributed by atoms with Crippen LogP contribution in [0.2, 0.25) is 5.02 Å². The van der Waals surface area contributed by atoms with Crippen molar-refractivity contribution in [2.45, 2.75) is 6.92 Å². The molecular formula is C21H17ClN2O. The van der Waals surface area contributed by atoms with Crippen molar-refractivity contribution < 1.29 is 4.74 Å². The molecule has 4 rings (SSSR count). The number of hydrogen-bond donors (Lipinski definition) is 1. The fourth-order valence-electron chi connectivity index (χ4n) is 2.91. The third-order valence-corrected chi connectivity index (χ3v) is 4.45. The van der Waals surface area contributed by atoms with E-state index in [-0.39, 0.29) is 0 Å². The van der Waals surface area contributed by atoms with Gasteiger partial charge in [0.05, 0.1) is 22.7 Å². The van der Waals surface area contributed by atoms with Crippen molar-refractivity contribution >= 4 is 22.6 Å². The highest BCUT2D eigenvalue weighted by atomic mass is 35.5. The lowest BCUT2D eigenvalue weighted by atomic mass is 10.00. The summed E-state index contributed by atoms with van der Waals surface area (Å²) in [5.41, 5.74) is 6.12. The van der Waals surface area contributed by atoms with Crippen molar-refractivity contribution in [3.8, 4) is 28.3 Å². The van der Waals surface area contributed by atoms with E-state index in [2.05, 4.69) is 46.4 Å². The molecule has 3 aromatic carbocycles. The van der Waals surface area contributed by atoms with Gasteiger partial charge in [0.25, 0.3) is 6.01 Å². The van der Waals surface area contributed by atoms with Crippen LogP contribution in [0.4, 0.5) is 0 Å². The number of imidazole rings is 1. The van der Waals surface area contributed by atoms with E-state index in [0.29, 0.717) is 17.6 Å². The first-order chi connectivity index (χ1) is 12.2. The van der Waals surface area contributed by atoms with Crippen LogP contribution in [0.5, 0.6) is 6.01 Å². The molecule has 0 unspecified atom stereocenters. The molecule has 0 spiro atoms. The Balaban J connectivity index is 1.72. The van der Waals surface area contributed by atoms with Gasteiger partial charge in [-0.25, -0.2) is 0 Å².